The summed E-state index contributed by atoms with van der Waals surface area (Å²) in [5.74, 6) is 0.594. The van der Waals surface area contributed by atoms with Crippen LogP contribution in [0.15, 0.2) is 24.3 Å². The molecule has 1 aliphatic heterocycles. The molecule has 1 atom stereocenters. The predicted octanol–water partition coefficient (Wildman–Crippen LogP) is 2.70. The van der Waals surface area contributed by atoms with Gasteiger partial charge in [-0.25, -0.2) is 5.01 Å². The highest BCUT2D eigenvalue weighted by atomic mass is 16.3. The van der Waals surface area contributed by atoms with Crippen LogP contribution in [0.1, 0.15) is 69.2 Å². The lowest BCUT2D eigenvalue weighted by atomic mass is 9.89. The lowest BCUT2D eigenvalue weighted by molar-refractivity contribution is -0.114. The van der Waals surface area contributed by atoms with Gasteiger partial charge in [0, 0.05) is 24.3 Å². The van der Waals surface area contributed by atoms with E-state index < -0.39 is 0 Å². The molecule has 1 aromatic carbocycles. The number of hydrogen-bond acceptors (Lipinski definition) is 5. The molecule has 0 bridgehead atoms. The highest BCUT2D eigenvalue weighted by Gasteiger charge is 2.22. The van der Waals surface area contributed by atoms with Gasteiger partial charge in [-0.1, -0.05) is 33.1 Å². The average molecular weight is 435 g/mol. The predicted molar refractivity (Wildman–Crippen MR) is 122 cm³/mol. The first-order valence-electron chi connectivity index (χ1n) is 11.3. The monoisotopic (exact) mass is 434 g/mol. The molecule has 3 rings (SSSR count). The number of rotatable bonds is 8. The number of carbonyl (C=O) groups excluding carboxylic acids is 3. The minimum atomic E-state index is -0.0387. The van der Waals surface area contributed by atoms with Gasteiger partial charge in [0.1, 0.15) is 0 Å². The molecule has 1 aliphatic carbocycles. The lowest BCUT2D eigenvalue weighted by Crippen LogP contribution is -2.42. The third-order valence-corrected chi connectivity index (χ3v) is 5.46. The van der Waals surface area contributed by atoms with E-state index in [2.05, 4.69) is 16.1 Å². The van der Waals surface area contributed by atoms with Crippen LogP contribution in [0.4, 0.5) is 5.69 Å². The fourth-order valence-electron chi connectivity index (χ4n) is 3.78. The molecule has 4 N–H and O–H groups in total. The number of nitrogens with zero attached hydrogens (tertiary/aromatic N) is 1. The van der Waals surface area contributed by atoms with Crippen LogP contribution in [-0.4, -0.2) is 54.6 Å². The number of nitrogens with one attached hydrogen (secondary N) is 3. The fraction of sp³-hybridized carbons (Fsp3) is 0.609. The van der Waals surface area contributed by atoms with Crippen molar-refractivity contribution in [3.05, 3.63) is 29.8 Å². The van der Waals surface area contributed by atoms with Gasteiger partial charge >= 0.3 is 0 Å². The van der Waals surface area contributed by atoms with Crippen LogP contribution in [0, 0.1) is 5.92 Å². The summed E-state index contributed by atoms with van der Waals surface area (Å²) in [5.41, 5.74) is 3.86. The van der Waals surface area contributed by atoms with Gasteiger partial charge in [-0.3, -0.25) is 19.8 Å². The summed E-state index contributed by atoms with van der Waals surface area (Å²) in [7, 11) is 0. The van der Waals surface area contributed by atoms with E-state index in [0.717, 1.165) is 25.9 Å². The third-order valence-electron chi connectivity index (χ3n) is 5.46. The van der Waals surface area contributed by atoms with Crippen LogP contribution in [0.3, 0.4) is 0 Å². The second kappa shape index (κ2) is 16.3. The summed E-state index contributed by atoms with van der Waals surface area (Å²) in [6, 6.07) is 7.03. The summed E-state index contributed by atoms with van der Waals surface area (Å²) in [4.78, 5) is 32.2. The van der Waals surface area contributed by atoms with Gasteiger partial charge in [0.2, 0.25) is 12.8 Å². The average Bonchev–Trinajstić information content (AvgIpc) is 3.28. The Hall–Kier alpha value is -2.45. The third kappa shape index (κ3) is 9.93. The SMILES string of the molecule is CC.O=CNN1CCC[C@H]1CO.O=CNc1ccc(C(=O)NCC2CCCCC2)cc1. The van der Waals surface area contributed by atoms with Crippen molar-refractivity contribution in [1.82, 2.24) is 15.8 Å². The Balaban J connectivity index is 0.000000337. The van der Waals surface area contributed by atoms with E-state index in [1.165, 1.54) is 32.1 Å². The van der Waals surface area contributed by atoms with E-state index in [1.54, 1.807) is 29.3 Å². The number of aliphatic hydroxyl groups excluding tert-OH is 1. The van der Waals surface area contributed by atoms with E-state index in [1.807, 2.05) is 13.8 Å². The Morgan fingerprint density at radius 2 is 1.71 bits per heavy atom. The number of anilines is 1. The van der Waals surface area contributed by atoms with E-state index >= 15 is 0 Å². The summed E-state index contributed by atoms with van der Waals surface area (Å²) >= 11 is 0. The quantitative estimate of drug-likeness (QED) is 0.470. The molecule has 8 heteroatoms. The van der Waals surface area contributed by atoms with Crippen LogP contribution in [-0.2, 0) is 9.59 Å². The van der Waals surface area contributed by atoms with Crippen molar-refractivity contribution < 1.29 is 19.5 Å². The summed E-state index contributed by atoms with van der Waals surface area (Å²) < 4.78 is 0. The van der Waals surface area contributed by atoms with Crippen LogP contribution in [0.25, 0.3) is 0 Å². The fourth-order valence-corrected chi connectivity index (χ4v) is 3.78. The maximum Gasteiger partial charge on any atom is 0.251 e. The van der Waals surface area contributed by atoms with Crippen molar-refractivity contribution in [2.75, 3.05) is 25.0 Å². The van der Waals surface area contributed by atoms with Crippen molar-refractivity contribution in [3.8, 4) is 0 Å². The number of hydrogen-bond donors (Lipinski definition) is 4. The number of aliphatic hydroxyl groups is 1. The highest BCUT2D eigenvalue weighted by molar-refractivity contribution is 5.94. The molecule has 1 heterocycles. The zero-order valence-electron chi connectivity index (χ0n) is 18.8. The Morgan fingerprint density at radius 3 is 2.29 bits per heavy atom. The zero-order valence-corrected chi connectivity index (χ0v) is 18.8. The van der Waals surface area contributed by atoms with E-state index in [-0.39, 0.29) is 18.6 Å². The Labute approximate surface area is 185 Å². The molecule has 0 aromatic heterocycles. The molecule has 0 radical (unpaired) electrons. The van der Waals surface area contributed by atoms with Crippen LogP contribution < -0.4 is 16.1 Å². The maximum absolute atomic E-state index is 12.0. The molecule has 1 saturated carbocycles. The van der Waals surface area contributed by atoms with Crippen LogP contribution in [0.5, 0.6) is 0 Å². The zero-order chi connectivity index (χ0) is 22.9. The van der Waals surface area contributed by atoms with Gasteiger partial charge in [0.05, 0.1) is 12.6 Å². The maximum atomic E-state index is 12.0. The van der Waals surface area contributed by atoms with Crippen molar-refractivity contribution in [1.29, 1.82) is 0 Å². The van der Waals surface area contributed by atoms with Crippen LogP contribution in [0.2, 0.25) is 0 Å². The topological polar surface area (TPSA) is 111 Å². The molecule has 0 unspecified atom stereocenters. The minimum Gasteiger partial charge on any atom is -0.395 e. The molecule has 2 fully saturated rings. The molecule has 2 aliphatic rings. The number of benzene rings is 1. The van der Waals surface area contributed by atoms with Gasteiger partial charge in [0.25, 0.3) is 5.91 Å². The van der Waals surface area contributed by atoms with Gasteiger partial charge in [-0.15, -0.1) is 0 Å². The first kappa shape index (κ1) is 26.6. The van der Waals surface area contributed by atoms with E-state index in [4.69, 9.17) is 5.11 Å². The van der Waals surface area contributed by atoms with Gasteiger partial charge in [0.15, 0.2) is 0 Å². The molecule has 0 spiro atoms. The van der Waals surface area contributed by atoms with Crippen molar-refractivity contribution in [2.45, 2.75) is 64.8 Å². The summed E-state index contributed by atoms with van der Waals surface area (Å²) in [6.07, 6.45) is 9.63. The Bertz CT molecular complexity index is 633. The summed E-state index contributed by atoms with van der Waals surface area (Å²) in [5, 5.41) is 16.1. The molecule has 1 aromatic rings. The molecule has 174 valence electrons. The summed E-state index contributed by atoms with van der Waals surface area (Å²) in [6.45, 7) is 5.75. The van der Waals surface area contributed by atoms with Crippen molar-refractivity contribution in [2.24, 2.45) is 5.92 Å². The first-order valence-corrected chi connectivity index (χ1v) is 11.3. The van der Waals surface area contributed by atoms with E-state index in [9.17, 15) is 14.4 Å². The largest absolute Gasteiger partial charge is 0.395 e. The molecule has 31 heavy (non-hydrogen) atoms. The minimum absolute atomic E-state index is 0.0387. The molecular formula is C23H38N4O4. The Morgan fingerprint density at radius 1 is 1.03 bits per heavy atom. The molecule has 8 nitrogen and oxygen atoms in total. The Kier molecular flexibility index (Phi) is 14.0. The number of carbonyl (C=O) groups is 3. The smallest absolute Gasteiger partial charge is 0.251 e. The lowest BCUT2D eigenvalue weighted by Gasteiger charge is -2.21. The second-order valence-corrected chi connectivity index (χ2v) is 7.47. The first-order chi connectivity index (χ1) is 15.2. The molecule has 3 amide bonds. The van der Waals surface area contributed by atoms with Crippen LogP contribution >= 0.6 is 0 Å². The highest BCUT2D eigenvalue weighted by Crippen LogP contribution is 2.22. The second-order valence-electron chi connectivity index (χ2n) is 7.47. The number of amides is 3. The molecule has 1 saturated heterocycles. The van der Waals surface area contributed by atoms with Gasteiger partial charge < -0.3 is 15.7 Å². The molecular weight excluding hydrogens is 396 g/mol. The van der Waals surface area contributed by atoms with Crippen molar-refractivity contribution in [3.63, 3.8) is 0 Å². The van der Waals surface area contributed by atoms with Gasteiger partial charge in [-0.05, 0) is 55.9 Å². The normalized spacial score (nSPS) is 18.5. The van der Waals surface area contributed by atoms with Crippen molar-refractivity contribution >= 4 is 24.4 Å². The van der Waals surface area contributed by atoms with Gasteiger partial charge in [-0.2, -0.15) is 0 Å². The number of hydrazine groups is 1. The standard InChI is InChI=1S/C15H20N2O2.C6H12N2O2.C2H6/c18-11-17-14-8-6-13(7-9-14)15(19)16-10-12-4-2-1-3-5-12;9-4-6-2-1-3-8(6)7-5-10;1-2/h6-9,11-12H,1-5,10H2,(H,16,19)(H,17,18);5-6,9H,1-4H2,(H,7,10);1-2H3/t;6-;/m.0./s1. The van der Waals surface area contributed by atoms with E-state index in [0.29, 0.717) is 30.0 Å².